The van der Waals surface area contributed by atoms with E-state index in [1.54, 1.807) is 0 Å². The molecule has 0 saturated carbocycles. The Hall–Kier alpha value is -2.49. The average molecular weight is 266 g/mol. The van der Waals surface area contributed by atoms with Crippen LogP contribution in [0.5, 0.6) is 0 Å². The van der Waals surface area contributed by atoms with Crippen LogP contribution in [0.2, 0.25) is 0 Å². The Balaban J connectivity index is 1.99. The number of hydrogen-bond donors (Lipinski definition) is 1. The molecule has 1 aromatic heterocycles. The Morgan fingerprint density at radius 3 is 2.70 bits per heavy atom. The van der Waals surface area contributed by atoms with E-state index < -0.39 is 0 Å². The molecule has 0 spiro atoms. The molecule has 3 rings (SSSR count). The highest BCUT2D eigenvalue weighted by atomic mass is 15.2. The molecule has 0 bridgehead atoms. The van der Waals surface area contributed by atoms with Gasteiger partial charge in [-0.15, -0.1) is 0 Å². The summed E-state index contributed by atoms with van der Waals surface area (Å²) in [4.78, 5) is 2.10. The molecule has 0 saturated heterocycles. The highest BCUT2D eigenvalue weighted by molar-refractivity contribution is 5.84. The highest BCUT2D eigenvalue weighted by Gasteiger charge is 2.05. The van der Waals surface area contributed by atoms with Crippen LogP contribution in [-0.4, -0.2) is 23.9 Å². The van der Waals surface area contributed by atoms with Gasteiger partial charge in [-0.05, 0) is 30.3 Å². The summed E-state index contributed by atoms with van der Waals surface area (Å²) < 4.78 is 1.89. The quantitative estimate of drug-likeness (QED) is 0.789. The third-order valence-corrected chi connectivity index (χ3v) is 3.41. The van der Waals surface area contributed by atoms with Gasteiger partial charge in [0.05, 0.1) is 23.1 Å². The Labute approximate surface area is 118 Å². The lowest BCUT2D eigenvalue weighted by molar-refractivity contribution is 0.797. The van der Waals surface area contributed by atoms with Gasteiger partial charge in [0.15, 0.2) is 0 Å². The maximum absolute atomic E-state index is 4.27. The van der Waals surface area contributed by atoms with Crippen LogP contribution in [0, 0.1) is 0 Å². The highest BCUT2D eigenvalue weighted by Crippen LogP contribution is 2.28. The molecule has 0 aliphatic carbocycles. The number of nitrogens with one attached hydrogen (secondary N) is 1. The number of anilines is 3. The molecule has 0 radical (unpaired) electrons. The van der Waals surface area contributed by atoms with Crippen molar-refractivity contribution in [3.05, 3.63) is 48.7 Å². The van der Waals surface area contributed by atoms with Crippen LogP contribution in [0.4, 0.5) is 17.1 Å². The Kier molecular flexibility index (Phi) is 3.06. The zero-order valence-corrected chi connectivity index (χ0v) is 12.0. The fourth-order valence-electron chi connectivity index (χ4n) is 2.35. The van der Waals surface area contributed by atoms with Gasteiger partial charge in [-0.1, -0.05) is 12.1 Å². The number of para-hydroxylation sites is 2. The molecule has 2 aromatic carbocycles. The Bertz CT molecular complexity index is 743. The van der Waals surface area contributed by atoms with Gasteiger partial charge in [-0.3, -0.25) is 4.68 Å². The molecule has 0 unspecified atom stereocenters. The van der Waals surface area contributed by atoms with Crippen molar-refractivity contribution in [2.75, 3.05) is 24.3 Å². The zero-order valence-electron chi connectivity index (χ0n) is 12.0. The first-order chi connectivity index (χ1) is 9.65. The molecule has 102 valence electrons. The Morgan fingerprint density at radius 2 is 1.90 bits per heavy atom. The van der Waals surface area contributed by atoms with Gasteiger partial charge in [-0.25, -0.2) is 0 Å². The first-order valence-corrected chi connectivity index (χ1v) is 6.60. The monoisotopic (exact) mass is 266 g/mol. The molecular weight excluding hydrogens is 248 g/mol. The minimum Gasteiger partial charge on any atom is -0.376 e. The zero-order chi connectivity index (χ0) is 14.1. The van der Waals surface area contributed by atoms with Crippen molar-refractivity contribution in [2.45, 2.75) is 0 Å². The van der Waals surface area contributed by atoms with Crippen molar-refractivity contribution >= 4 is 28.0 Å². The molecule has 1 heterocycles. The van der Waals surface area contributed by atoms with Gasteiger partial charge in [0.2, 0.25) is 0 Å². The van der Waals surface area contributed by atoms with E-state index in [2.05, 4.69) is 45.6 Å². The Morgan fingerprint density at radius 1 is 1.10 bits per heavy atom. The third-order valence-electron chi connectivity index (χ3n) is 3.41. The number of fused-ring (bicyclic) bond motifs is 1. The summed E-state index contributed by atoms with van der Waals surface area (Å²) >= 11 is 0. The van der Waals surface area contributed by atoms with Gasteiger partial charge in [0.1, 0.15) is 0 Å². The first kappa shape index (κ1) is 12.5. The summed E-state index contributed by atoms with van der Waals surface area (Å²) in [6.45, 7) is 0. The lowest BCUT2D eigenvalue weighted by Crippen LogP contribution is -2.10. The summed E-state index contributed by atoms with van der Waals surface area (Å²) in [6.07, 6.45) is 1.88. The second kappa shape index (κ2) is 4.89. The molecule has 0 atom stereocenters. The maximum Gasteiger partial charge on any atom is 0.0699 e. The van der Waals surface area contributed by atoms with Crippen LogP contribution < -0.4 is 10.2 Å². The van der Waals surface area contributed by atoms with E-state index >= 15 is 0 Å². The molecule has 0 amide bonds. The summed E-state index contributed by atoms with van der Waals surface area (Å²) in [5.41, 5.74) is 4.45. The SMILES string of the molecule is CN(C)c1ccccc1Nc1ccc2cnn(C)c2c1. The fraction of sp³-hybridized carbons (Fsp3) is 0.188. The molecule has 4 heteroatoms. The van der Waals surface area contributed by atoms with E-state index in [0.717, 1.165) is 28.0 Å². The summed E-state index contributed by atoms with van der Waals surface area (Å²) in [6, 6.07) is 14.6. The third kappa shape index (κ3) is 2.20. The predicted octanol–water partition coefficient (Wildman–Crippen LogP) is 3.38. The molecule has 0 aliphatic heterocycles. The van der Waals surface area contributed by atoms with Crippen molar-refractivity contribution in [3.8, 4) is 0 Å². The van der Waals surface area contributed by atoms with Gasteiger partial charge < -0.3 is 10.2 Å². The van der Waals surface area contributed by atoms with Gasteiger partial charge in [0.25, 0.3) is 0 Å². The lowest BCUT2D eigenvalue weighted by Gasteiger charge is -2.18. The standard InChI is InChI=1S/C16H18N4/c1-19(2)15-7-5-4-6-14(15)18-13-9-8-12-11-17-20(3)16(12)10-13/h4-11,18H,1-3H3. The van der Waals surface area contributed by atoms with E-state index in [-0.39, 0.29) is 0 Å². The van der Waals surface area contributed by atoms with Crippen LogP contribution in [0.3, 0.4) is 0 Å². The molecule has 20 heavy (non-hydrogen) atoms. The molecular formula is C16H18N4. The minimum absolute atomic E-state index is 1.07. The summed E-state index contributed by atoms with van der Waals surface area (Å²) in [7, 11) is 6.05. The molecule has 4 nitrogen and oxygen atoms in total. The van der Waals surface area contributed by atoms with Gasteiger partial charge in [-0.2, -0.15) is 5.10 Å². The number of rotatable bonds is 3. The van der Waals surface area contributed by atoms with Crippen LogP contribution in [0.15, 0.2) is 48.7 Å². The van der Waals surface area contributed by atoms with Crippen LogP contribution in [0.25, 0.3) is 10.9 Å². The number of aromatic nitrogens is 2. The van der Waals surface area contributed by atoms with E-state index in [1.165, 1.54) is 0 Å². The number of hydrogen-bond acceptors (Lipinski definition) is 3. The van der Waals surface area contributed by atoms with Crippen LogP contribution >= 0.6 is 0 Å². The van der Waals surface area contributed by atoms with Gasteiger partial charge >= 0.3 is 0 Å². The predicted molar refractivity (Wildman–Crippen MR) is 84.8 cm³/mol. The van der Waals surface area contributed by atoms with Crippen molar-refractivity contribution in [1.82, 2.24) is 9.78 Å². The smallest absolute Gasteiger partial charge is 0.0699 e. The van der Waals surface area contributed by atoms with E-state index in [0.29, 0.717) is 0 Å². The minimum atomic E-state index is 1.07. The first-order valence-electron chi connectivity index (χ1n) is 6.60. The fourth-order valence-corrected chi connectivity index (χ4v) is 2.35. The van der Waals surface area contributed by atoms with E-state index in [1.807, 2.05) is 44.2 Å². The lowest BCUT2D eigenvalue weighted by atomic mass is 10.2. The second-order valence-electron chi connectivity index (χ2n) is 5.08. The maximum atomic E-state index is 4.27. The molecule has 1 N–H and O–H groups in total. The summed E-state index contributed by atoms with van der Waals surface area (Å²) in [5, 5.41) is 8.90. The van der Waals surface area contributed by atoms with E-state index in [9.17, 15) is 0 Å². The van der Waals surface area contributed by atoms with Crippen LogP contribution in [0.1, 0.15) is 0 Å². The number of nitrogens with zero attached hydrogens (tertiary/aromatic N) is 3. The van der Waals surface area contributed by atoms with E-state index in [4.69, 9.17) is 0 Å². The molecule has 3 aromatic rings. The van der Waals surface area contributed by atoms with Crippen molar-refractivity contribution in [3.63, 3.8) is 0 Å². The molecule has 0 fully saturated rings. The molecule has 0 aliphatic rings. The number of benzene rings is 2. The van der Waals surface area contributed by atoms with Crippen molar-refractivity contribution in [2.24, 2.45) is 7.05 Å². The van der Waals surface area contributed by atoms with Crippen molar-refractivity contribution in [1.29, 1.82) is 0 Å². The summed E-state index contributed by atoms with van der Waals surface area (Å²) in [5.74, 6) is 0. The van der Waals surface area contributed by atoms with Crippen molar-refractivity contribution < 1.29 is 0 Å². The second-order valence-corrected chi connectivity index (χ2v) is 5.08. The largest absolute Gasteiger partial charge is 0.376 e. The number of aryl methyl sites for hydroxylation is 1. The van der Waals surface area contributed by atoms with Crippen LogP contribution in [-0.2, 0) is 7.05 Å². The normalized spacial score (nSPS) is 10.8. The van der Waals surface area contributed by atoms with Gasteiger partial charge in [0, 0.05) is 32.2 Å². The average Bonchev–Trinajstić information content (AvgIpc) is 2.81. The topological polar surface area (TPSA) is 33.1 Å².